The molecule has 0 spiro atoms. The van der Waals surface area contributed by atoms with E-state index in [1.54, 1.807) is 37.3 Å². The summed E-state index contributed by atoms with van der Waals surface area (Å²) in [6, 6.07) is 18.0. The van der Waals surface area contributed by atoms with Gasteiger partial charge in [0.1, 0.15) is 17.6 Å². The van der Waals surface area contributed by atoms with Crippen LogP contribution in [-0.4, -0.2) is 46.0 Å². The average Bonchev–Trinajstić information content (AvgIpc) is 2.64. The maximum atomic E-state index is 12.2. The standard InChI is InChI=1S/C19H20O5S/c1-12-17(24-18(22)13-8-4-2-5-9-13)15(20)16(21)19(23-12)25-14-10-6-3-7-11-14/h2-12,15-17,19-21H,1H3/t12-,15+,16-,17-,19+/m0/s1. The third-order valence-corrected chi connectivity index (χ3v) is 5.19. The minimum atomic E-state index is -1.22. The van der Waals surface area contributed by atoms with Crippen molar-refractivity contribution in [3.63, 3.8) is 0 Å². The van der Waals surface area contributed by atoms with Crippen LogP contribution in [0.2, 0.25) is 0 Å². The normalized spacial score (nSPS) is 29.2. The third-order valence-electron chi connectivity index (χ3n) is 4.02. The zero-order valence-corrected chi connectivity index (χ0v) is 14.5. The van der Waals surface area contributed by atoms with Gasteiger partial charge in [-0.2, -0.15) is 0 Å². The van der Waals surface area contributed by atoms with Crippen molar-refractivity contribution in [1.82, 2.24) is 0 Å². The first kappa shape index (κ1) is 17.9. The molecule has 0 aliphatic carbocycles. The first-order valence-electron chi connectivity index (χ1n) is 8.05. The fraction of sp³-hybridized carbons (Fsp3) is 0.316. The fourth-order valence-electron chi connectivity index (χ4n) is 2.66. The first-order chi connectivity index (χ1) is 12.1. The number of carbonyl (C=O) groups is 1. The van der Waals surface area contributed by atoms with Crippen LogP contribution in [-0.2, 0) is 9.47 Å². The summed E-state index contributed by atoms with van der Waals surface area (Å²) in [5.74, 6) is -0.554. The maximum Gasteiger partial charge on any atom is 0.338 e. The lowest BCUT2D eigenvalue weighted by atomic mass is 10.0. The highest BCUT2D eigenvalue weighted by atomic mass is 32.2. The van der Waals surface area contributed by atoms with Crippen LogP contribution in [0.5, 0.6) is 0 Å². The van der Waals surface area contributed by atoms with Crippen molar-refractivity contribution in [2.24, 2.45) is 0 Å². The van der Waals surface area contributed by atoms with Gasteiger partial charge in [-0.25, -0.2) is 4.79 Å². The predicted octanol–water partition coefficient (Wildman–Crippen LogP) is 2.47. The molecule has 0 saturated carbocycles. The van der Waals surface area contributed by atoms with E-state index < -0.39 is 35.8 Å². The van der Waals surface area contributed by atoms with Crippen molar-refractivity contribution < 1.29 is 24.5 Å². The van der Waals surface area contributed by atoms with Crippen molar-refractivity contribution in [1.29, 1.82) is 0 Å². The summed E-state index contributed by atoms with van der Waals surface area (Å²) in [5.41, 5.74) is -0.253. The highest BCUT2D eigenvalue weighted by Crippen LogP contribution is 2.34. The van der Waals surface area contributed by atoms with Gasteiger partial charge in [-0.15, -0.1) is 0 Å². The largest absolute Gasteiger partial charge is 0.453 e. The highest BCUT2D eigenvalue weighted by Gasteiger charge is 2.45. The van der Waals surface area contributed by atoms with Gasteiger partial charge >= 0.3 is 5.97 Å². The predicted molar refractivity (Wildman–Crippen MR) is 94.3 cm³/mol. The summed E-state index contributed by atoms with van der Waals surface area (Å²) in [5, 5.41) is 20.8. The van der Waals surface area contributed by atoms with Crippen LogP contribution < -0.4 is 0 Å². The molecule has 25 heavy (non-hydrogen) atoms. The molecule has 0 unspecified atom stereocenters. The molecule has 3 rings (SSSR count). The van der Waals surface area contributed by atoms with E-state index in [1.807, 2.05) is 30.3 Å². The molecule has 1 aliphatic rings. The quantitative estimate of drug-likeness (QED) is 0.816. The Morgan fingerprint density at radius 1 is 1.00 bits per heavy atom. The van der Waals surface area contributed by atoms with Crippen LogP contribution in [0.25, 0.3) is 0 Å². The van der Waals surface area contributed by atoms with Gasteiger partial charge in [0.05, 0.1) is 11.7 Å². The van der Waals surface area contributed by atoms with E-state index in [0.717, 1.165) is 4.90 Å². The number of aliphatic hydroxyl groups excluding tert-OH is 2. The van der Waals surface area contributed by atoms with E-state index in [0.29, 0.717) is 5.56 Å². The van der Waals surface area contributed by atoms with Crippen LogP contribution >= 0.6 is 11.8 Å². The molecule has 0 amide bonds. The summed E-state index contributed by atoms with van der Waals surface area (Å²) in [7, 11) is 0. The minimum Gasteiger partial charge on any atom is -0.453 e. The molecule has 2 aromatic rings. The number of rotatable bonds is 4. The Balaban J connectivity index is 1.67. The number of aliphatic hydroxyl groups is 2. The molecule has 6 heteroatoms. The molecule has 2 aromatic carbocycles. The molecule has 5 nitrogen and oxygen atoms in total. The van der Waals surface area contributed by atoms with Crippen molar-refractivity contribution >= 4 is 17.7 Å². The molecule has 0 aromatic heterocycles. The summed E-state index contributed by atoms with van der Waals surface area (Å²) in [4.78, 5) is 13.1. The molecule has 5 atom stereocenters. The van der Waals surface area contributed by atoms with Crippen LogP contribution in [0.15, 0.2) is 65.6 Å². The fourth-order valence-corrected chi connectivity index (χ4v) is 3.78. The van der Waals surface area contributed by atoms with E-state index in [4.69, 9.17) is 9.47 Å². The lowest BCUT2D eigenvalue weighted by Gasteiger charge is -2.40. The van der Waals surface area contributed by atoms with E-state index >= 15 is 0 Å². The van der Waals surface area contributed by atoms with E-state index in [1.165, 1.54) is 11.8 Å². The van der Waals surface area contributed by atoms with Gasteiger partial charge in [-0.3, -0.25) is 0 Å². The number of hydrogen-bond donors (Lipinski definition) is 2. The molecule has 1 heterocycles. The Morgan fingerprint density at radius 2 is 1.60 bits per heavy atom. The van der Waals surface area contributed by atoms with Gasteiger partial charge in [0, 0.05) is 4.90 Å². The first-order valence-corrected chi connectivity index (χ1v) is 8.93. The molecule has 132 valence electrons. The number of carbonyl (C=O) groups excluding carboxylic acids is 1. The second-order valence-electron chi connectivity index (χ2n) is 5.86. The van der Waals surface area contributed by atoms with Crippen LogP contribution in [0, 0.1) is 0 Å². The van der Waals surface area contributed by atoms with Crippen LogP contribution in [0.1, 0.15) is 17.3 Å². The smallest absolute Gasteiger partial charge is 0.338 e. The number of ether oxygens (including phenoxy) is 2. The van der Waals surface area contributed by atoms with Crippen molar-refractivity contribution in [2.45, 2.75) is 41.7 Å². The third kappa shape index (κ3) is 4.22. The number of thioether (sulfide) groups is 1. The molecule has 1 aliphatic heterocycles. The second kappa shape index (κ2) is 8.01. The van der Waals surface area contributed by atoms with Crippen LogP contribution in [0.3, 0.4) is 0 Å². The lowest BCUT2D eigenvalue weighted by molar-refractivity contribution is -0.193. The molecular weight excluding hydrogens is 340 g/mol. The Bertz CT molecular complexity index is 693. The monoisotopic (exact) mass is 360 g/mol. The highest BCUT2D eigenvalue weighted by molar-refractivity contribution is 7.99. The Morgan fingerprint density at radius 3 is 2.24 bits per heavy atom. The lowest BCUT2D eigenvalue weighted by Crippen LogP contribution is -2.57. The van der Waals surface area contributed by atoms with E-state index in [-0.39, 0.29) is 0 Å². The van der Waals surface area contributed by atoms with Crippen molar-refractivity contribution in [3.05, 3.63) is 66.2 Å². The number of esters is 1. The van der Waals surface area contributed by atoms with Gasteiger partial charge < -0.3 is 19.7 Å². The van der Waals surface area contributed by atoms with Crippen molar-refractivity contribution in [3.8, 4) is 0 Å². The Labute approximate surface area is 150 Å². The minimum absolute atomic E-state index is 0.386. The summed E-state index contributed by atoms with van der Waals surface area (Å²) >= 11 is 1.32. The second-order valence-corrected chi connectivity index (χ2v) is 7.03. The number of hydrogen-bond acceptors (Lipinski definition) is 6. The number of benzene rings is 2. The molecular formula is C19H20O5S. The van der Waals surface area contributed by atoms with Crippen molar-refractivity contribution in [2.75, 3.05) is 0 Å². The SMILES string of the molecule is C[C@@H]1O[C@H](Sc2ccccc2)[C@@H](O)[C@@H](O)[C@H]1OC(=O)c1ccccc1. The average molecular weight is 360 g/mol. The summed E-state index contributed by atoms with van der Waals surface area (Å²) < 4.78 is 11.2. The van der Waals surface area contributed by atoms with E-state index in [2.05, 4.69) is 0 Å². The topological polar surface area (TPSA) is 76.0 Å². The molecule has 1 fully saturated rings. The van der Waals surface area contributed by atoms with Gasteiger partial charge in [-0.05, 0) is 31.2 Å². The Kier molecular flexibility index (Phi) is 5.75. The molecule has 1 saturated heterocycles. The van der Waals surface area contributed by atoms with Crippen LogP contribution in [0.4, 0.5) is 0 Å². The zero-order chi connectivity index (χ0) is 17.8. The van der Waals surface area contributed by atoms with Gasteiger partial charge in [-0.1, -0.05) is 48.2 Å². The van der Waals surface area contributed by atoms with Gasteiger partial charge in [0.15, 0.2) is 6.10 Å². The van der Waals surface area contributed by atoms with E-state index in [9.17, 15) is 15.0 Å². The summed E-state index contributed by atoms with van der Waals surface area (Å²) in [6.07, 6.45) is -3.88. The van der Waals surface area contributed by atoms with Gasteiger partial charge in [0.25, 0.3) is 0 Å². The Hall–Kier alpha value is -1.86. The summed E-state index contributed by atoms with van der Waals surface area (Å²) in [6.45, 7) is 1.72. The maximum absolute atomic E-state index is 12.2. The molecule has 0 bridgehead atoms. The zero-order valence-electron chi connectivity index (χ0n) is 13.7. The molecule has 2 N–H and O–H groups in total. The van der Waals surface area contributed by atoms with Gasteiger partial charge in [0.2, 0.25) is 0 Å². The molecule has 0 radical (unpaired) electrons.